The molecule has 498 valence electrons. The van der Waals surface area contributed by atoms with E-state index in [0.29, 0.717) is 0 Å². The molecule has 12 heterocycles. The zero-order valence-corrected chi connectivity index (χ0v) is 61.8. The molecule has 0 aromatic carbocycles. The molecular weight excluding hydrogens is 1210 g/mol. The number of aromatic nitrogens is 12. The minimum atomic E-state index is 0.958. The van der Waals surface area contributed by atoms with Crippen molar-refractivity contribution in [3.05, 3.63) is 278 Å². The summed E-state index contributed by atoms with van der Waals surface area (Å²) < 4.78 is 0. The Labute approximate surface area is 585 Å². The van der Waals surface area contributed by atoms with Gasteiger partial charge in [-0.25, -0.2) is 0 Å². The SMILES string of the molecule is Cc1ccc2c(n1)Cc1c(C)c(C)nc(C)c1-2.Cc1ccc2c(n1)Cc1c-2cnc(C)c1C.Cc1ccnc2c1-c1c(C)nc(C)c(C)c1C2.Cc1ccnc2c1-c1cnc(C)c(C)c1C2.Cc1cnc2c(c1)-c1c(C)nc(C)c(C)c1C2.Cc1cnc2c(c1)-c1cnc(C)c(C)c1C2. The summed E-state index contributed by atoms with van der Waals surface area (Å²) >= 11 is 0. The first-order valence-electron chi connectivity index (χ1n) is 34.8. The Bertz CT molecular complexity index is 5340. The summed E-state index contributed by atoms with van der Waals surface area (Å²) in [6.45, 7) is 44.3. The second-order valence-corrected chi connectivity index (χ2v) is 28.2. The van der Waals surface area contributed by atoms with Gasteiger partial charge in [-0.15, -0.1) is 0 Å². The predicted molar refractivity (Wildman–Crippen MR) is 401 cm³/mol. The maximum Gasteiger partial charge on any atom is 0.0529 e. The normalized spacial score (nSPS) is 12.5. The summed E-state index contributed by atoms with van der Waals surface area (Å²) in [5.74, 6) is 0. The van der Waals surface area contributed by atoms with Gasteiger partial charge in [0.05, 0.1) is 34.2 Å². The van der Waals surface area contributed by atoms with E-state index in [2.05, 4.69) is 240 Å². The van der Waals surface area contributed by atoms with Crippen LogP contribution in [0.2, 0.25) is 0 Å². The summed E-state index contributed by atoms with van der Waals surface area (Å²) in [7, 11) is 0. The predicted octanol–water partition coefficient (Wildman–Crippen LogP) is 18.8. The first-order chi connectivity index (χ1) is 47.3. The Morgan fingerprint density at radius 2 is 0.576 bits per heavy atom. The Morgan fingerprint density at radius 1 is 0.222 bits per heavy atom. The summed E-state index contributed by atoms with van der Waals surface area (Å²) in [6.07, 6.45) is 19.4. The lowest BCUT2D eigenvalue weighted by atomic mass is 9.98. The van der Waals surface area contributed by atoms with Crippen LogP contribution in [-0.4, -0.2) is 59.8 Å². The van der Waals surface area contributed by atoms with Crippen molar-refractivity contribution >= 4 is 0 Å². The molecule has 6 aliphatic rings. The summed E-state index contributed by atoms with van der Waals surface area (Å²) in [6, 6.07) is 17.1. The highest BCUT2D eigenvalue weighted by Gasteiger charge is 2.30. The second kappa shape index (κ2) is 26.6. The minimum absolute atomic E-state index is 0.958. The molecule has 18 rings (SSSR count). The monoisotopic (exact) mass is 1300 g/mol. The molecule has 0 atom stereocenters. The molecule has 0 fully saturated rings. The Hall–Kier alpha value is -10.2. The number of hydrogen-bond donors (Lipinski definition) is 0. The molecular formula is C87H90N12. The van der Waals surface area contributed by atoms with E-state index < -0.39 is 0 Å². The molecule has 0 N–H and O–H groups in total. The van der Waals surface area contributed by atoms with Crippen LogP contribution in [0.25, 0.3) is 66.8 Å². The lowest BCUT2D eigenvalue weighted by molar-refractivity contribution is 1.04. The van der Waals surface area contributed by atoms with E-state index in [0.717, 1.165) is 101 Å². The highest BCUT2D eigenvalue weighted by atomic mass is 14.8. The zero-order chi connectivity index (χ0) is 70.3. The van der Waals surface area contributed by atoms with E-state index >= 15 is 0 Å². The number of fused-ring (bicyclic) bond motifs is 18. The van der Waals surface area contributed by atoms with Gasteiger partial charge in [-0.2, -0.15) is 0 Å². The van der Waals surface area contributed by atoms with E-state index in [9.17, 15) is 0 Å². The molecule has 0 radical (unpaired) electrons. The third kappa shape index (κ3) is 12.3. The van der Waals surface area contributed by atoms with Crippen LogP contribution < -0.4 is 0 Å². The third-order valence-corrected chi connectivity index (χ3v) is 21.7. The highest BCUT2D eigenvalue weighted by Crippen LogP contribution is 2.45. The standard InChI is InChI=1S/3C15H16N2.3C14H14N2/c1-8-5-13-14(16-7-8)6-12-9(2)10(3)17-11(4)15(12)13;1-8-5-6-16-13-7-12-9(2)10(3)17-11(4)15(12)14(8)13;1-8-5-6-12-14(16-8)7-13-9(2)10(3)17-11(4)15(12)13;1-8-4-12-13-7-15-10(3)9(2)11(13)5-14(12)16-6-8;1-8-4-5-15-13-6-11-9(2)10(3)16-7-12(11)14(8)13;1-8-4-5-11-13-7-15-10(3)9(2)12(13)6-14(11)16-8/h5,7H,6H2,1-4H3;2*5-6H,7H2,1-4H3;4,6-7H,5H2,1-3H3;2*4-5,7H,6H2,1-3H3. The van der Waals surface area contributed by atoms with Gasteiger partial charge in [0.15, 0.2) is 0 Å². The van der Waals surface area contributed by atoms with E-state index in [1.807, 2.05) is 57.2 Å². The van der Waals surface area contributed by atoms with Crippen molar-refractivity contribution < 1.29 is 0 Å². The molecule has 12 aromatic rings. The van der Waals surface area contributed by atoms with Crippen molar-refractivity contribution in [2.24, 2.45) is 0 Å². The van der Waals surface area contributed by atoms with E-state index in [4.69, 9.17) is 0 Å². The first-order valence-corrected chi connectivity index (χ1v) is 34.8. The van der Waals surface area contributed by atoms with E-state index in [1.54, 1.807) is 0 Å². The first kappa shape index (κ1) is 67.4. The zero-order valence-electron chi connectivity index (χ0n) is 61.8. The lowest BCUT2D eigenvalue weighted by Gasteiger charge is -2.11. The Morgan fingerprint density at radius 3 is 1.11 bits per heavy atom. The van der Waals surface area contributed by atoms with Crippen LogP contribution in [0.15, 0.2) is 91.9 Å². The lowest BCUT2D eigenvalue weighted by Crippen LogP contribution is -1.98. The van der Waals surface area contributed by atoms with Crippen LogP contribution >= 0.6 is 0 Å². The van der Waals surface area contributed by atoms with Gasteiger partial charge in [0, 0.05) is 211 Å². The number of pyridine rings is 12. The van der Waals surface area contributed by atoms with Gasteiger partial charge in [-0.05, 0) is 271 Å². The molecule has 0 bridgehead atoms. The maximum absolute atomic E-state index is 4.66. The van der Waals surface area contributed by atoms with Crippen LogP contribution in [-0.2, 0) is 38.5 Å². The van der Waals surface area contributed by atoms with Gasteiger partial charge >= 0.3 is 0 Å². The van der Waals surface area contributed by atoms with Crippen LogP contribution in [0.5, 0.6) is 0 Å². The molecule has 99 heavy (non-hydrogen) atoms. The fraction of sp³-hybridized carbons (Fsp3) is 0.310. The molecule has 0 saturated carbocycles. The van der Waals surface area contributed by atoms with Crippen molar-refractivity contribution in [1.29, 1.82) is 0 Å². The molecule has 12 nitrogen and oxygen atoms in total. The average molecular weight is 1300 g/mol. The van der Waals surface area contributed by atoms with Crippen molar-refractivity contribution in [2.75, 3.05) is 0 Å². The topological polar surface area (TPSA) is 155 Å². The summed E-state index contributed by atoms with van der Waals surface area (Å²) in [5, 5.41) is 0. The largest absolute Gasteiger partial charge is 0.261 e. The van der Waals surface area contributed by atoms with Crippen LogP contribution in [0.3, 0.4) is 0 Å². The van der Waals surface area contributed by atoms with Crippen molar-refractivity contribution in [2.45, 2.75) is 184 Å². The van der Waals surface area contributed by atoms with Gasteiger partial charge in [-0.3, -0.25) is 59.8 Å². The van der Waals surface area contributed by atoms with Crippen LogP contribution in [0, 0.1) is 145 Å². The molecule has 0 unspecified atom stereocenters. The number of hydrogen-bond acceptors (Lipinski definition) is 12. The Kier molecular flexibility index (Phi) is 18.1. The van der Waals surface area contributed by atoms with Gasteiger partial charge in [0.25, 0.3) is 0 Å². The molecule has 0 spiro atoms. The third-order valence-electron chi connectivity index (χ3n) is 21.7. The van der Waals surface area contributed by atoms with Gasteiger partial charge in [0.2, 0.25) is 0 Å². The fourth-order valence-corrected chi connectivity index (χ4v) is 15.5. The van der Waals surface area contributed by atoms with Crippen LogP contribution in [0.4, 0.5) is 0 Å². The molecule has 0 saturated heterocycles. The van der Waals surface area contributed by atoms with Crippen molar-refractivity contribution in [3.63, 3.8) is 0 Å². The van der Waals surface area contributed by atoms with Gasteiger partial charge < -0.3 is 0 Å². The number of aryl methyl sites for hydroxylation is 15. The summed E-state index contributed by atoms with van der Waals surface area (Å²) in [4.78, 5) is 54.6. The highest BCUT2D eigenvalue weighted by molar-refractivity contribution is 5.83. The van der Waals surface area contributed by atoms with E-state index in [1.165, 1.54) is 190 Å². The van der Waals surface area contributed by atoms with E-state index in [-0.39, 0.29) is 0 Å². The maximum atomic E-state index is 4.66. The van der Waals surface area contributed by atoms with Crippen molar-refractivity contribution in [3.8, 4) is 66.8 Å². The van der Waals surface area contributed by atoms with Gasteiger partial charge in [0.1, 0.15) is 0 Å². The number of nitrogens with zero attached hydrogens (tertiary/aromatic N) is 12. The van der Waals surface area contributed by atoms with Gasteiger partial charge in [-0.1, -0.05) is 12.1 Å². The average Bonchev–Trinajstić information content (AvgIpc) is 1.64. The van der Waals surface area contributed by atoms with Crippen molar-refractivity contribution in [1.82, 2.24) is 59.8 Å². The van der Waals surface area contributed by atoms with Crippen LogP contribution in [0.1, 0.15) is 186 Å². The molecule has 12 heteroatoms. The molecule has 6 aliphatic carbocycles. The quantitative estimate of drug-likeness (QED) is 0.142. The smallest absolute Gasteiger partial charge is 0.0529 e. The molecule has 0 aliphatic heterocycles. The minimum Gasteiger partial charge on any atom is -0.261 e. The Balaban J connectivity index is 0.000000107. The summed E-state index contributed by atoms with van der Waals surface area (Å²) in [5.41, 5.74) is 56.5. The number of rotatable bonds is 0. The molecule has 12 aromatic heterocycles. The fourth-order valence-electron chi connectivity index (χ4n) is 15.5. The second-order valence-electron chi connectivity index (χ2n) is 28.2. The molecule has 0 amide bonds.